The topological polar surface area (TPSA) is 54.6 Å². The summed E-state index contributed by atoms with van der Waals surface area (Å²) >= 11 is 1.66. The van der Waals surface area contributed by atoms with E-state index in [2.05, 4.69) is 23.2 Å². The van der Waals surface area contributed by atoms with Crippen LogP contribution in [0, 0.1) is 13.8 Å². The van der Waals surface area contributed by atoms with E-state index in [1.165, 1.54) is 10.6 Å². The molecule has 1 aromatic carbocycles. The molecule has 0 fully saturated rings. The molecule has 3 rings (SSSR count). The summed E-state index contributed by atoms with van der Waals surface area (Å²) in [5.74, 6) is -0.817. The van der Waals surface area contributed by atoms with Gasteiger partial charge in [0.05, 0.1) is 17.5 Å². The third-order valence-corrected chi connectivity index (χ3v) is 4.19. The number of benzene rings is 1. The number of nitrogens with zero attached hydrogens (tertiary/aromatic N) is 2. The monoisotopic (exact) mass is 260 g/mol. The van der Waals surface area contributed by atoms with Gasteiger partial charge in [0.1, 0.15) is 0 Å². The lowest BCUT2D eigenvalue weighted by atomic mass is 10.1. The lowest BCUT2D eigenvalue weighted by Crippen LogP contribution is -1.99. The number of hydrogen-bond donors (Lipinski definition) is 1. The fraction of sp³-hybridized carbons (Fsp3) is 0.231. The van der Waals surface area contributed by atoms with E-state index in [9.17, 15) is 4.79 Å². The molecule has 0 radical (unpaired) electrons. The van der Waals surface area contributed by atoms with E-state index < -0.39 is 5.97 Å². The van der Waals surface area contributed by atoms with Crippen molar-refractivity contribution < 1.29 is 9.90 Å². The molecule has 0 aliphatic carbocycles. The second-order valence-corrected chi connectivity index (χ2v) is 5.55. The molecule has 0 aliphatic heterocycles. The SMILES string of the molecule is Cc1sc2nc3cc(CC(=O)O)ccc3n2c1C. The number of rotatable bonds is 2. The number of aromatic nitrogens is 2. The first-order chi connectivity index (χ1) is 8.56. The van der Waals surface area contributed by atoms with Gasteiger partial charge in [-0.15, -0.1) is 11.3 Å². The number of carboxylic acid groups (broad SMARTS) is 1. The van der Waals surface area contributed by atoms with Gasteiger partial charge < -0.3 is 5.11 Å². The Morgan fingerprint density at radius 2 is 2.22 bits per heavy atom. The minimum atomic E-state index is -0.817. The average molecular weight is 260 g/mol. The van der Waals surface area contributed by atoms with Crippen molar-refractivity contribution in [2.45, 2.75) is 20.3 Å². The molecular formula is C13H12N2O2S. The Labute approximate surface area is 108 Å². The highest BCUT2D eigenvalue weighted by Gasteiger charge is 2.12. The molecule has 2 heterocycles. The van der Waals surface area contributed by atoms with Crippen LogP contribution in [-0.4, -0.2) is 20.5 Å². The molecule has 0 unspecified atom stereocenters. The van der Waals surface area contributed by atoms with Gasteiger partial charge in [-0.05, 0) is 31.5 Å². The van der Waals surface area contributed by atoms with Crippen LogP contribution in [0.25, 0.3) is 16.0 Å². The van der Waals surface area contributed by atoms with Gasteiger partial charge in [-0.25, -0.2) is 4.98 Å². The maximum atomic E-state index is 10.7. The second-order valence-electron chi connectivity index (χ2n) is 4.37. The number of imidazole rings is 1. The standard InChI is InChI=1S/C13H12N2O2S/c1-7-8(2)18-13-14-10-5-9(6-12(16)17)3-4-11(10)15(7)13/h3-5H,6H2,1-2H3,(H,16,17). The predicted octanol–water partition coefficient (Wildman–Crippen LogP) is 2.79. The third-order valence-electron chi connectivity index (χ3n) is 3.13. The number of thiazole rings is 1. The van der Waals surface area contributed by atoms with Crippen LogP contribution < -0.4 is 0 Å². The lowest BCUT2D eigenvalue weighted by Gasteiger charge is -1.98. The van der Waals surface area contributed by atoms with E-state index in [0.29, 0.717) is 0 Å². The smallest absolute Gasteiger partial charge is 0.307 e. The van der Waals surface area contributed by atoms with E-state index in [1.807, 2.05) is 18.2 Å². The second kappa shape index (κ2) is 3.81. The number of fused-ring (bicyclic) bond motifs is 3. The van der Waals surface area contributed by atoms with Gasteiger partial charge in [-0.3, -0.25) is 9.20 Å². The summed E-state index contributed by atoms with van der Waals surface area (Å²) in [5.41, 5.74) is 3.89. The normalized spacial score (nSPS) is 11.4. The zero-order chi connectivity index (χ0) is 12.9. The van der Waals surface area contributed by atoms with Crippen LogP contribution in [0.1, 0.15) is 16.1 Å². The molecule has 92 valence electrons. The highest BCUT2D eigenvalue weighted by Crippen LogP contribution is 2.27. The number of carbonyl (C=O) groups is 1. The Balaban J connectivity index is 2.25. The first kappa shape index (κ1) is 11.2. The van der Waals surface area contributed by atoms with Crippen LogP contribution in [0.5, 0.6) is 0 Å². The van der Waals surface area contributed by atoms with Crippen LogP contribution in [0.4, 0.5) is 0 Å². The van der Waals surface area contributed by atoms with Crippen molar-refractivity contribution in [1.82, 2.24) is 9.38 Å². The molecule has 0 spiro atoms. The Kier molecular flexibility index (Phi) is 2.38. The molecule has 3 aromatic rings. The van der Waals surface area contributed by atoms with Crippen LogP contribution in [-0.2, 0) is 11.2 Å². The summed E-state index contributed by atoms with van der Waals surface area (Å²) in [5, 5.41) is 8.80. The Bertz CT molecular complexity index is 770. The van der Waals surface area contributed by atoms with Crippen molar-refractivity contribution in [3.05, 3.63) is 34.3 Å². The van der Waals surface area contributed by atoms with Crippen LogP contribution in [0.15, 0.2) is 18.2 Å². The van der Waals surface area contributed by atoms with Crippen molar-refractivity contribution in [3.8, 4) is 0 Å². The fourth-order valence-corrected chi connectivity index (χ4v) is 3.13. The van der Waals surface area contributed by atoms with Gasteiger partial charge in [0.2, 0.25) is 0 Å². The van der Waals surface area contributed by atoms with Crippen LogP contribution in [0.2, 0.25) is 0 Å². The molecule has 1 N–H and O–H groups in total. The van der Waals surface area contributed by atoms with Gasteiger partial charge in [0.15, 0.2) is 4.96 Å². The highest BCUT2D eigenvalue weighted by atomic mass is 32.1. The van der Waals surface area contributed by atoms with Gasteiger partial charge in [-0.1, -0.05) is 6.07 Å². The summed E-state index contributed by atoms with van der Waals surface area (Å²) in [6.45, 7) is 4.16. The summed E-state index contributed by atoms with van der Waals surface area (Å²) < 4.78 is 2.12. The first-order valence-corrected chi connectivity index (χ1v) is 6.47. The minimum Gasteiger partial charge on any atom is -0.481 e. The molecule has 18 heavy (non-hydrogen) atoms. The molecule has 0 saturated carbocycles. The van der Waals surface area contributed by atoms with E-state index in [-0.39, 0.29) is 6.42 Å². The largest absolute Gasteiger partial charge is 0.481 e. The van der Waals surface area contributed by atoms with Gasteiger partial charge in [0.25, 0.3) is 0 Å². The van der Waals surface area contributed by atoms with Gasteiger partial charge in [0, 0.05) is 10.6 Å². The highest BCUT2D eigenvalue weighted by molar-refractivity contribution is 7.17. The molecule has 0 bridgehead atoms. The molecule has 0 amide bonds. The number of hydrogen-bond acceptors (Lipinski definition) is 3. The zero-order valence-electron chi connectivity index (χ0n) is 10.1. The quantitative estimate of drug-likeness (QED) is 0.770. The summed E-state index contributed by atoms with van der Waals surface area (Å²) in [6, 6.07) is 5.67. The maximum absolute atomic E-state index is 10.7. The van der Waals surface area contributed by atoms with Crippen molar-refractivity contribution >= 4 is 33.3 Å². The van der Waals surface area contributed by atoms with Gasteiger partial charge >= 0.3 is 5.97 Å². The van der Waals surface area contributed by atoms with E-state index >= 15 is 0 Å². The Morgan fingerprint density at radius 3 is 2.94 bits per heavy atom. The number of aryl methyl sites for hydroxylation is 2. The number of carboxylic acids is 1. The van der Waals surface area contributed by atoms with Crippen molar-refractivity contribution in [3.63, 3.8) is 0 Å². The minimum absolute atomic E-state index is 0.0408. The molecule has 2 aromatic heterocycles. The van der Waals surface area contributed by atoms with Crippen LogP contribution >= 0.6 is 11.3 Å². The predicted molar refractivity (Wildman–Crippen MR) is 71.4 cm³/mol. The first-order valence-electron chi connectivity index (χ1n) is 5.65. The van der Waals surface area contributed by atoms with Gasteiger partial charge in [-0.2, -0.15) is 0 Å². The third kappa shape index (κ3) is 1.59. The molecule has 5 heteroatoms. The fourth-order valence-electron chi connectivity index (χ4n) is 2.15. The molecular weight excluding hydrogens is 248 g/mol. The Hall–Kier alpha value is -1.88. The van der Waals surface area contributed by atoms with Crippen molar-refractivity contribution in [2.75, 3.05) is 0 Å². The van der Waals surface area contributed by atoms with E-state index in [0.717, 1.165) is 21.6 Å². The molecule has 0 atom stereocenters. The van der Waals surface area contributed by atoms with Crippen LogP contribution in [0.3, 0.4) is 0 Å². The van der Waals surface area contributed by atoms with Crippen molar-refractivity contribution in [2.24, 2.45) is 0 Å². The molecule has 0 aliphatic rings. The zero-order valence-corrected chi connectivity index (χ0v) is 10.9. The molecule has 0 saturated heterocycles. The van der Waals surface area contributed by atoms with E-state index in [1.54, 1.807) is 11.3 Å². The molecule has 4 nitrogen and oxygen atoms in total. The van der Waals surface area contributed by atoms with E-state index in [4.69, 9.17) is 5.11 Å². The summed E-state index contributed by atoms with van der Waals surface area (Å²) in [7, 11) is 0. The lowest BCUT2D eigenvalue weighted by molar-refractivity contribution is -0.136. The number of aliphatic carboxylic acids is 1. The summed E-state index contributed by atoms with van der Waals surface area (Å²) in [6.07, 6.45) is 0.0408. The maximum Gasteiger partial charge on any atom is 0.307 e. The van der Waals surface area contributed by atoms with Crippen molar-refractivity contribution in [1.29, 1.82) is 0 Å². The average Bonchev–Trinajstić information content (AvgIpc) is 2.75. The summed E-state index contributed by atoms with van der Waals surface area (Å²) in [4.78, 5) is 17.5. The Morgan fingerprint density at radius 1 is 1.44 bits per heavy atom.